The van der Waals surface area contributed by atoms with Gasteiger partial charge in [0.2, 0.25) is 6.41 Å². The molecule has 1 aliphatic rings. The summed E-state index contributed by atoms with van der Waals surface area (Å²) in [5, 5.41) is 4.06. The highest BCUT2D eigenvalue weighted by Crippen LogP contribution is 2.23. The molecule has 0 aromatic heterocycles. The third kappa shape index (κ3) is 3.82. The first kappa shape index (κ1) is 16.4. The van der Waals surface area contributed by atoms with Crippen LogP contribution in [0.25, 0.3) is 0 Å². The van der Waals surface area contributed by atoms with E-state index in [2.05, 4.69) is 10.5 Å². The highest BCUT2D eigenvalue weighted by Gasteiger charge is 2.18. The third-order valence-electron chi connectivity index (χ3n) is 3.91. The highest BCUT2D eigenvalue weighted by atomic mass is 19.1. The van der Waals surface area contributed by atoms with Gasteiger partial charge in [-0.15, -0.1) is 0 Å². The lowest BCUT2D eigenvalue weighted by molar-refractivity contribution is -0.109. The Labute approximate surface area is 130 Å². The van der Waals surface area contributed by atoms with Crippen molar-refractivity contribution in [1.29, 1.82) is 0 Å². The van der Waals surface area contributed by atoms with E-state index in [9.17, 15) is 9.18 Å². The molecule has 1 fully saturated rings. The molecule has 5 nitrogen and oxygen atoms in total. The zero-order chi connectivity index (χ0) is 15.9. The van der Waals surface area contributed by atoms with E-state index < -0.39 is 0 Å². The Hall–Kier alpha value is -1.95. The molecule has 1 aliphatic heterocycles. The number of nitrogens with zero attached hydrogens (tertiary/aromatic N) is 2. The van der Waals surface area contributed by atoms with Gasteiger partial charge < -0.3 is 9.64 Å². The normalized spacial score (nSPS) is 17.2. The number of amides is 1. The van der Waals surface area contributed by atoms with Crippen molar-refractivity contribution in [2.45, 2.75) is 20.3 Å². The molecule has 120 valence electrons. The van der Waals surface area contributed by atoms with E-state index in [0.29, 0.717) is 49.7 Å². The summed E-state index contributed by atoms with van der Waals surface area (Å²) in [4.78, 5) is 12.4. The van der Waals surface area contributed by atoms with Gasteiger partial charge in [0.15, 0.2) is 0 Å². The number of halogens is 1. The molecule has 0 unspecified atom stereocenters. The molecule has 6 heteroatoms. The maximum atomic E-state index is 14.5. The minimum atomic E-state index is -0.276. The second kappa shape index (κ2) is 7.89. The molecular formula is C16H22FN3O2. The minimum Gasteiger partial charge on any atom is -0.378 e. The summed E-state index contributed by atoms with van der Waals surface area (Å²) in [5.41, 5.74) is 4.28. The smallest absolute Gasteiger partial charge is 0.227 e. The van der Waals surface area contributed by atoms with E-state index in [0.717, 1.165) is 6.42 Å². The van der Waals surface area contributed by atoms with Crippen LogP contribution < -0.4 is 10.3 Å². The first-order chi connectivity index (χ1) is 10.7. The van der Waals surface area contributed by atoms with Gasteiger partial charge in [-0.3, -0.25) is 4.79 Å². The molecule has 1 saturated heterocycles. The van der Waals surface area contributed by atoms with Crippen LogP contribution in [0.2, 0.25) is 0 Å². The highest BCUT2D eigenvalue weighted by molar-refractivity contribution is 6.02. The average molecular weight is 307 g/mol. The van der Waals surface area contributed by atoms with Gasteiger partial charge in [0.25, 0.3) is 0 Å². The first-order valence-electron chi connectivity index (χ1n) is 7.56. The number of rotatable bonds is 6. The van der Waals surface area contributed by atoms with Crippen LogP contribution in [0.5, 0.6) is 0 Å². The molecule has 1 heterocycles. The van der Waals surface area contributed by atoms with Crippen LogP contribution in [0.4, 0.5) is 10.1 Å². The Balaban J connectivity index is 2.27. The van der Waals surface area contributed by atoms with Crippen LogP contribution in [0.15, 0.2) is 23.3 Å². The Bertz CT molecular complexity index is 542. The van der Waals surface area contributed by atoms with Gasteiger partial charge >= 0.3 is 0 Å². The molecule has 0 bridgehead atoms. The van der Waals surface area contributed by atoms with Crippen molar-refractivity contribution in [3.8, 4) is 0 Å². The fraction of sp³-hybridized carbons (Fsp3) is 0.500. The van der Waals surface area contributed by atoms with Gasteiger partial charge in [0.05, 0.1) is 24.6 Å². The second-order valence-corrected chi connectivity index (χ2v) is 5.32. The maximum absolute atomic E-state index is 14.5. The third-order valence-corrected chi connectivity index (χ3v) is 3.91. The molecule has 22 heavy (non-hydrogen) atoms. The largest absolute Gasteiger partial charge is 0.378 e. The van der Waals surface area contributed by atoms with Crippen molar-refractivity contribution in [3.63, 3.8) is 0 Å². The summed E-state index contributed by atoms with van der Waals surface area (Å²) < 4.78 is 19.7. The molecule has 1 N–H and O–H groups in total. The fourth-order valence-electron chi connectivity index (χ4n) is 2.48. The summed E-state index contributed by atoms with van der Waals surface area (Å²) in [6.45, 7) is 6.64. The Morgan fingerprint density at radius 3 is 2.82 bits per heavy atom. The molecule has 2 rings (SSSR count). The van der Waals surface area contributed by atoms with Gasteiger partial charge in [-0.05, 0) is 18.6 Å². The van der Waals surface area contributed by atoms with Crippen LogP contribution in [0.3, 0.4) is 0 Å². The van der Waals surface area contributed by atoms with E-state index in [-0.39, 0.29) is 11.7 Å². The lowest BCUT2D eigenvalue weighted by Crippen LogP contribution is -2.36. The number of morpholine rings is 1. The van der Waals surface area contributed by atoms with Crippen LogP contribution in [0.1, 0.15) is 25.8 Å². The fourth-order valence-corrected chi connectivity index (χ4v) is 2.48. The standard InChI is InChI=1S/C16H22FN3O2/c1-3-12(2)16(19-18-11-21)13-4-5-15(14(17)10-13)20-6-8-22-9-7-20/h4-5,10-12H,3,6-9H2,1-2H3,(H,18,21)/b19-16+/t12-/m1/s1. The van der Waals surface area contributed by atoms with Crippen LogP contribution in [-0.2, 0) is 9.53 Å². The molecule has 0 spiro atoms. The minimum absolute atomic E-state index is 0.126. The molecule has 0 saturated carbocycles. The Morgan fingerprint density at radius 1 is 1.50 bits per heavy atom. The summed E-state index contributed by atoms with van der Waals surface area (Å²) in [6, 6.07) is 5.11. The van der Waals surface area contributed by atoms with Crippen LogP contribution in [-0.4, -0.2) is 38.4 Å². The zero-order valence-electron chi connectivity index (χ0n) is 13.0. The Kier molecular flexibility index (Phi) is 5.89. The summed E-state index contributed by atoms with van der Waals surface area (Å²) in [7, 11) is 0. The number of ether oxygens (including phenoxy) is 1. The summed E-state index contributed by atoms with van der Waals surface area (Å²) >= 11 is 0. The van der Waals surface area contributed by atoms with Gasteiger partial charge in [0, 0.05) is 24.6 Å². The summed E-state index contributed by atoms with van der Waals surface area (Å²) in [6.07, 6.45) is 1.37. The molecule has 1 atom stereocenters. The van der Waals surface area contributed by atoms with E-state index >= 15 is 0 Å². The molecular weight excluding hydrogens is 285 g/mol. The molecule has 0 radical (unpaired) electrons. The van der Waals surface area contributed by atoms with Crippen molar-refractivity contribution in [2.24, 2.45) is 11.0 Å². The number of benzene rings is 1. The molecule has 1 aromatic rings. The number of nitrogens with one attached hydrogen (secondary N) is 1. The predicted octanol–water partition coefficient (Wildman–Crippen LogP) is 2.16. The quantitative estimate of drug-likeness (QED) is 0.498. The van der Waals surface area contributed by atoms with E-state index in [1.54, 1.807) is 6.07 Å². The lowest BCUT2D eigenvalue weighted by Gasteiger charge is -2.29. The van der Waals surface area contributed by atoms with E-state index in [1.165, 1.54) is 6.07 Å². The van der Waals surface area contributed by atoms with E-state index in [1.807, 2.05) is 24.8 Å². The number of carbonyl (C=O) groups excluding carboxylic acids is 1. The van der Waals surface area contributed by atoms with Crippen molar-refractivity contribution in [3.05, 3.63) is 29.6 Å². The summed E-state index contributed by atoms with van der Waals surface area (Å²) in [5.74, 6) is -0.150. The number of hydrogen-bond donors (Lipinski definition) is 1. The number of anilines is 1. The monoisotopic (exact) mass is 307 g/mol. The van der Waals surface area contributed by atoms with Crippen molar-refractivity contribution < 1.29 is 13.9 Å². The van der Waals surface area contributed by atoms with Crippen LogP contribution >= 0.6 is 0 Å². The second-order valence-electron chi connectivity index (χ2n) is 5.32. The zero-order valence-corrected chi connectivity index (χ0v) is 13.0. The van der Waals surface area contributed by atoms with Crippen molar-refractivity contribution in [2.75, 3.05) is 31.2 Å². The Morgan fingerprint density at radius 2 is 2.23 bits per heavy atom. The SMILES string of the molecule is CC[C@@H](C)/C(=N\NC=O)c1ccc(N2CCOCC2)c(F)c1. The van der Waals surface area contributed by atoms with Gasteiger partial charge in [-0.1, -0.05) is 19.9 Å². The number of carbonyl (C=O) groups is 1. The maximum Gasteiger partial charge on any atom is 0.227 e. The average Bonchev–Trinajstić information content (AvgIpc) is 2.55. The molecule has 1 aromatic carbocycles. The van der Waals surface area contributed by atoms with Gasteiger partial charge in [-0.25, -0.2) is 9.82 Å². The molecule has 0 aliphatic carbocycles. The first-order valence-corrected chi connectivity index (χ1v) is 7.56. The lowest BCUT2D eigenvalue weighted by atomic mass is 9.96. The van der Waals surface area contributed by atoms with Gasteiger partial charge in [-0.2, -0.15) is 5.10 Å². The number of hydrazone groups is 1. The topological polar surface area (TPSA) is 53.9 Å². The van der Waals surface area contributed by atoms with Gasteiger partial charge in [0.1, 0.15) is 5.82 Å². The predicted molar refractivity (Wildman–Crippen MR) is 84.6 cm³/mol. The number of hydrogen-bond acceptors (Lipinski definition) is 4. The van der Waals surface area contributed by atoms with Crippen molar-refractivity contribution >= 4 is 17.8 Å². The van der Waals surface area contributed by atoms with E-state index in [4.69, 9.17) is 4.74 Å². The molecule has 1 amide bonds. The van der Waals surface area contributed by atoms with Crippen molar-refractivity contribution in [1.82, 2.24) is 5.43 Å². The van der Waals surface area contributed by atoms with Crippen LogP contribution in [0, 0.1) is 11.7 Å².